The van der Waals surface area contributed by atoms with Crippen molar-refractivity contribution in [3.8, 4) is 0 Å². The molecule has 0 aromatic heterocycles. The van der Waals surface area contributed by atoms with Crippen LogP contribution in [-0.2, 0) is 0 Å². The predicted molar refractivity (Wildman–Crippen MR) is 112 cm³/mol. The third kappa shape index (κ3) is 2.57. The Hall–Kier alpha value is -1.86. The van der Waals surface area contributed by atoms with Crippen LogP contribution < -0.4 is 0 Å². The lowest BCUT2D eigenvalue weighted by Crippen LogP contribution is -2.39. The van der Waals surface area contributed by atoms with Gasteiger partial charge in [-0.05, 0) is 51.2 Å². The molecule has 3 atom stereocenters. The molecule has 4 rings (SSSR count). The molecule has 128 valence electrons. The van der Waals surface area contributed by atoms with Gasteiger partial charge in [0.25, 0.3) is 0 Å². The summed E-state index contributed by atoms with van der Waals surface area (Å²) in [6.45, 7) is 9.85. The second-order valence-corrected chi connectivity index (χ2v) is 13.2. The highest BCUT2D eigenvalue weighted by Crippen LogP contribution is 2.50. The zero-order valence-electron chi connectivity index (χ0n) is 15.8. The molecule has 2 aliphatic rings. The van der Waals surface area contributed by atoms with Crippen molar-refractivity contribution >= 4 is 19.7 Å². The number of rotatable bonds is 4. The van der Waals surface area contributed by atoms with Gasteiger partial charge in [-0.3, -0.25) is 0 Å². The van der Waals surface area contributed by atoms with Crippen molar-refractivity contribution in [2.24, 2.45) is 5.92 Å². The minimum Gasteiger partial charge on any atom is -0.0791 e. The summed E-state index contributed by atoms with van der Waals surface area (Å²) >= 11 is 0. The van der Waals surface area contributed by atoms with Gasteiger partial charge in [-0.15, -0.1) is 0 Å². The quantitative estimate of drug-likeness (QED) is 0.534. The Balaban J connectivity index is 1.79. The normalized spacial score (nSPS) is 22.5. The third-order valence-electron chi connectivity index (χ3n) is 6.50. The van der Waals surface area contributed by atoms with Crippen molar-refractivity contribution in [3.05, 3.63) is 82.9 Å². The maximum Gasteiger partial charge on any atom is 0.0715 e. The third-order valence-corrected chi connectivity index (χ3v) is 10.7. The standard InChI is InChI=1S/C24H28Si/c1-5-17(2)22-16-24(21-13-9-8-12-20(21)22)25(3,4)23-15-14-18-10-6-7-11-19(18)23/h6-17,23-24H,5H2,1-4H3. The molecule has 3 unspecified atom stereocenters. The highest BCUT2D eigenvalue weighted by Gasteiger charge is 2.44. The summed E-state index contributed by atoms with van der Waals surface area (Å²) in [5.41, 5.74) is 8.85. The van der Waals surface area contributed by atoms with Crippen molar-refractivity contribution in [1.29, 1.82) is 0 Å². The fourth-order valence-corrected chi connectivity index (χ4v) is 8.45. The second-order valence-electron chi connectivity index (χ2n) is 8.28. The Morgan fingerprint density at radius 3 is 2.36 bits per heavy atom. The summed E-state index contributed by atoms with van der Waals surface area (Å²) in [5.74, 6) is 0.641. The topological polar surface area (TPSA) is 0 Å². The Bertz CT molecular complexity index is 856. The molecule has 0 amide bonds. The molecular weight excluding hydrogens is 316 g/mol. The van der Waals surface area contributed by atoms with E-state index < -0.39 is 8.07 Å². The van der Waals surface area contributed by atoms with E-state index in [0.717, 1.165) is 0 Å². The van der Waals surface area contributed by atoms with Crippen LogP contribution in [0.4, 0.5) is 0 Å². The van der Waals surface area contributed by atoms with Crippen molar-refractivity contribution in [1.82, 2.24) is 0 Å². The first kappa shape index (κ1) is 16.6. The Kier molecular flexibility index (Phi) is 4.08. The molecule has 1 heteroatoms. The Morgan fingerprint density at radius 2 is 1.60 bits per heavy atom. The molecule has 2 aromatic carbocycles. The highest BCUT2D eigenvalue weighted by molar-refractivity contribution is 6.81. The minimum absolute atomic E-state index is 0.605. The minimum atomic E-state index is -1.60. The molecule has 0 nitrogen and oxygen atoms in total. The molecule has 0 bridgehead atoms. The maximum absolute atomic E-state index is 2.64. The molecule has 2 aromatic rings. The van der Waals surface area contributed by atoms with Crippen LogP contribution in [0.5, 0.6) is 0 Å². The van der Waals surface area contributed by atoms with E-state index in [2.05, 4.69) is 93.7 Å². The SMILES string of the molecule is CCC(C)C1=CC([Si](C)(C)C2C=Cc3ccccc32)c2ccccc21. The summed E-state index contributed by atoms with van der Waals surface area (Å²) < 4.78 is 0. The fourth-order valence-electron chi connectivity index (χ4n) is 4.75. The van der Waals surface area contributed by atoms with E-state index in [1.54, 1.807) is 16.7 Å². The van der Waals surface area contributed by atoms with E-state index >= 15 is 0 Å². The summed E-state index contributed by atoms with van der Waals surface area (Å²) in [6.07, 6.45) is 8.67. The van der Waals surface area contributed by atoms with Gasteiger partial charge in [0, 0.05) is 0 Å². The number of benzene rings is 2. The average molecular weight is 345 g/mol. The van der Waals surface area contributed by atoms with Crippen LogP contribution in [0.25, 0.3) is 11.6 Å². The lowest BCUT2D eigenvalue weighted by Gasteiger charge is -2.35. The van der Waals surface area contributed by atoms with Crippen molar-refractivity contribution < 1.29 is 0 Å². The summed E-state index contributed by atoms with van der Waals surface area (Å²) in [5, 5.41) is 0. The zero-order valence-corrected chi connectivity index (χ0v) is 16.8. The first-order valence-electron chi connectivity index (χ1n) is 9.62. The van der Waals surface area contributed by atoms with Crippen molar-refractivity contribution in [2.75, 3.05) is 0 Å². The van der Waals surface area contributed by atoms with Crippen LogP contribution in [0.15, 0.2) is 60.7 Å². The smallest absolute Gasteiger partial charge is 0.0715 e. The van der Waals surface area contributed by atoms with Gasteiger partial charge in [0.05, 0.1) is 8.07 Å². The maximum atomic E-state index is 2.64. The fraction of sp³-hybridized carbons (Fsp3) is 0.333. The van der Waals surface area contributed by atoms with E-state index in [-0.39, 0.29) is 0 Å². The largest absolute Gasteiger partial charge is 0.0791 e. The molecule has 0 fully saturated rings. The van der Waals surface area contributed by atoms with Gasteiger partial charge >= 0.3 is 0 Å². The predicted octanol–water partition coefficient (Wildman–Crippen LogP) is 6.81. The van der Waals surface area contributed by atoms with Crippen LogP contribution >= 0.6 is 0 Å². The molecule has 0 saturated heterocycles. The van der Waals surface area contributed by atoms with Gasteiger partial charge in [0.1, 0.15) is 0 Å². The number of hydrogen-bond acceptors (Lipinski definition) is 0. The molecule has 25 heavy (non-hydrogen) atoms. The lowest BCUT2D eigenvalue weighted by atomic mass is 9.93. The van der Waals surface area contributed by atoms with Crippen LogP contribution in [0.2, 0.25) is 13.1 Å². The molecule has 0 N–H and O–H groups in total. The zero-order chi connectivity index (χ0) is 17.6. The van der Waals surface area contributed by atoms with E-state index in [1.807, 2.05) is 0 Å². The van der Waals surface area contributed by atoms with Crippen LogP contribution in [0, 0.1) is 5.92 Å². The van der Waals surface area contributed by atoms with Crippen molar-refractivity contribution in [2.45, 2.75) is 44.4 Å². The molecule has 2 aliphatic carbocycles. The Labute approximate surface area is 153 Å². The first-order valence-corrected chi connectivity index (χ1v) is 12.8. The number of fused-ring (bicyclic) bond motifs is 2. The summed E-state index contributed by atoms with van der Waals surface area (Å²) in [7, 11) is -1.60. The second kappa shape index (κ2) is 6.14. The molecule has 0 aliphatic heterocycles. The average Bonchev–Trinajstić information content (AvgIpc) is 3.23. The summed E-state index contributed by atoms with van der Waals surface area (Å²) in [4.78, 5) is 0. The van der Waals surface area contributed by atoms with Crippen LogP contribution in [0.1, 0.15) is 53.6 Å². The summed E-state index contributed by atoms with van der Waals surface area (Å²) in [6, 6.07) is 18.1. The van der Waals surface area contributed by atoms with E-state index in [1.165, 1.54) is 17.5 Å². The van der Waals surface area contributed by atoms with E-state index in [9.17, 15) is 0 Å². The highest BCUT2D eigenvalue weighted by atomic mass is 28.3. The lowest BCUT2D eigenvalue weighted by molar-refractivity contribution is 0.718. The molecule has 0 spiro atoms. The van der Waals surface area contributed by atoms with E-state index in [4.69, 9.17) is 0 Å². The monoisotopic (exact) mass is 344 g/mol. The molecule has 0 saturated carbocycles. The number of hydrogen-bond donors (Lipinski definition) is 0. The first-order chi connectivity index (χ1) is 12.0. The van der Waals surface area contributed by atoms with Crippen molar-refractivity contribution in [3.63, 3.8) is 0 Å². The van der Waals surface area contributed by atoms with Gasteiger partial charge in [0.15, 0.2) is 0 Å². The van der Waals surface area contributed by atoms with E-state index in [0.29, 0.717) is 17.0 Å². The van der Waals surface area contributed by atoms with Gasteiger partial charge in [-0.1, -0.05) is 93.7 Å². The van der Waals surface area contributed by atoms with Gasteiger partial charge in [0.2, 0.25) is 0 Å². The van der Waals surface area contributed by atoms with Gasteiger partial charge in [-0.25, -0.2) is 0 Å². The molecule has 0 heterocycles. The molecule has 0 radical (unpaired) electrons. The molecular formula is C24H28Si. The van der Waals surface area contributed by atoms with Crippen LogP contribution in [0.3, 0.4) is 0 Å². The van der Waals surface area contributed by atoms with Gasteiger partial charge < -0.3 is 0 Å². The Morgan fingerprint density at radius 1 is 0.920 bits per heavy atom. The van der Waals surface area contributed by atoms with Gasteiger partial charge in [-0.2, -0.15) is 0 Å². The van der Waals surface area contributed by atoms with Crippen LogP contribution in [-0.4, -0.2) is 8.07 Å². The number of allylic oxidation sites excluding steroid dienone is 3.